The first kappa shape index (κ1) is 21.6. The van der Waals surface area contributed by atoms with Gasteiger partial charge >= 0.3 is 0 Å². The van der Waals surface area contributed by atoms with E-state index in [0.29, 0.717) is 11.5 Å². The van der Waals surface area contributed by atoms with Crippen LogP contribution in [0.5, 0.6) is 0 Å². The number of hydrogen-bond acceptors (Lipinski definition) is 6. The van der Waals surface area contributed by atoms with E-state index in [0.717, 1.165) is 0 Å². The minimum Gasteiger partial charge on any atom is -0.282 e. The highest BCUT2D eigenvalue weighted by Crippen LogP contribution is 2.43. The van der Waals surface area contributed by atoms with Crippen molar-refractivity contribution in [3.63, 3.8) is 0 Å². The van der Waals surface area contributed by atoms with Crippen molar-refractivity contribution < 1.29 is 38.9 Å². The minimum absolute atomic E-state index is 0.00666. The van der Waals surface area contributed by atoms with Crippen LogP contribution in [0.3, 0.4) is 0 Å². The smallest absolute Gasteiger partial charge is 0.282 e. The zero-order valence-corrected chi connectivity index (χ0v) is 17.9. The molecule has 0 amide bonds. The largest absolute Gasteiger partial charge is 0.295 e. The molecule has 0 radical (unpaired) electrons. The van der Waals surface area contributed by atoms with Crippen LogP contribution in [0.2, 0.25) is 0 Å². The minimum atomic E-state index is -4.92. The first-order chi connectivity index (χ1) is 14.2. The molecule has 0 unspecified atom stereocenters. The molecule has 0 aliphatic heterocycles. The summed E-state index contributed by atoms with van der Waals surface area (Å²) in [6, 6.07) is 7.38. The molecule has 0 aromatic heterocycles. The van der Waals surface area contributed by atoms with E-state index in [9.17, 15) is 38.9 Å². The lowest BCUT2D eigenvalue weighted by molar-refractivity contribution is 0.479. The van der Waals surface area contributed by atoms with Gasteiger partial charge in [-0.1, -0.05) is 30.3 Å². The van der Waals surface area contributed by atoms with Crippen molar-refractivity contribution >= 4 is 62.7 Å². The van der Waals surface area contributed by atoms with Crippen molar-refractivity contribution in [1.82, 2.24) is 0 Å². The van der Waals surface area contributed by atoms with Crippen LogP contribution in [0.4, 0.5) is 0 Å². The normalized spacial score (nSPS) is 13.4. The topological polar surface area (TPSA) is 163 Å². The van der Waals surface area contributed by atoms with Crippen LogP contribution >= 0.6 is 0 Å². The highest BCUT2D eigenvalue weighted by molar-refractivity contribution is 7.87. The zero-order chi connectivity index (χ0) is 22.9. The lowest BCUT2D eigenvalue weighted by atomic mass is 9.92. The third-order valence-corrected chi connectivity index (χ3v) is 7.82. The SMILES string of the molecule is C=CCc1cc2ccc3c(S(=O)(=O)O)cc(S(=O)(=O)O)c4ccc(c1S(=O)(=O)O)c2c34. The molecule has 0 saturated heterocycles. The third kappa shape index (κ3) is 3.37. The van der Waals surface area contributed by atoms with Crippen LogP contribution in [0, 0.1) is 0 Å². The molecule has 9 nitrogen and oxygen atoms in total. The summed E-state index contributed by atoms with van der Waals surface area (Å²) >= 11 is 0. The van der Waals surface area contributed by atoms with Crippen molar-refractivity contribution in [2.75, 3.05) is 0 Å². The second kappa shape index (κ2) is 6.69. The van der Waals surface area contributed by atoms with Gasteiger partial charge in [0.2, 0.25) is 0 Å². The van der Waals surface area contributed by atoms with E-state index in [1.54, 1.807) is 0 Å². The molecule has 31 heavy (non-hydrogen) atoms. The number of benzene rings is 4. The summed E-state index contributed by atoms with van der Waals surface area (Å²) in [6.45, 7) is 3.57. The van der Waals surface area contributed by atoms with Crippen molar-refractivity contribution in [2.24, 2.45) is 0 Å². The Labute approximate surface area is 177 Å². The summed E-state index contributed by atoms with van der Waals surface area (Å²) in [5.74, 6) is 0. The lowest BCUT2D eigenvalue weighted by Crippen LogP contribution is -2.08. The van der Waals surface area contributed by atoms with Crippen LogP contribution in [0.1, 0.15) is 5.56 Å². The van der Waals surface area contributed by atoms with E-state index < -0.39 is 45.0 Å². The Hall–Kier alpha value is -2.61. The Morgan fingerprint density at radius 3 is 1.71 bits per heavy atom. The monoisotopic (exact) mass is 482 g/mol. The Balaban J connectivity index is 2.42. The molecule has 0 fully saturated rings. The van der Waals surface area contributed by atoms with Gasteiger partial charge in [0, 0.05) is 21.5 Å². The second-order valence-corrected chi connectivity index (χ2v) is 11.0. The van der Waals surface area contributed by atoms with Gasteiger partial charge in [-0.15, -0.1) is 6.58 Å². The van der Waals surface area contributed by atoms with Crippen LogP contribution in [-0.2, 0) is 36.8 Å². The van der Waals surface area contributed by atoms with Crippen molar-refractivity contribution in [2.45, 2.75) is 21.1 Å². The van der Waals surface area contributed by atoms with E-state index in [2.05, 4.69) is 6.58 Å². The molecule has 0 saturated carbocycles. The molecule has 0 aliphatic carbocycles. The average Bonchev–Trinajstić information content (AvgIpc) is 2.62. The summed E-state index contributed by atoms with van der Waals surface area (Å²) in [7, 11) is -14.6. The number of hydrogen-bond donors (Lipinski definition) is 3. The predicted octanol–water partition coefficient (Wildman–Crippen LogP) is 3.05. The molecular formula is C19H14O9S3. The van der Waals surface area contributed by atoms with Gasteiger partial charge in [-0.05, 0) is 34.9 Å². The molecule has 4 aromatic carbocycles. The fourth-order valence-electron chi connectivity index (χ4n) is 3.98. The van der Waals surface area contributed by atoms with Gasteiger partial charge in [0.15, 0.2) is 0 Å². The molecule has 0 heterocycles. The molecule has 4 rings (SSSR count). The Morgan fingerprint density at radius 2 is 1.23 bits per heavy atom. The molecule has 12 heteroatoms. The van der Waals surface area contributed by atoms with E-state index >= 15 is 0 Å². The van der Waals surface area contributed by atoms with Gasteiger partial charge in [0.05, 0.1) is 0 Å². The lowest BCUT2D eigenvalue weighted by Gasteiger charge is -2.18. The van der Waals surface area contributed by atoms with Crippen molar-refractivity contribution in [1.29, 1.82) is 0 Å². The van der Waals surface area contributed by atoms with Crippen LogP contribution in [0.15, 0.2) is 63.7 Å². The zero-order valence-electron chi connectivity index (χ0n) is 15.5. The summed E-state index contributed by atoms with van der Waals surface area (Å²) in [4.78, 5) is -1.98. The molecule has 0 aliphatic rings. The summed E-state index contributed by atoms with van der Waals surface area (Å²) in [6.07, 6.45) is 1.53. The Kier molecular flexibility index (Phi) is 4.67. The molecule has 0 spiro atoms. The molecule has 162 valence electrons. The highest BCUT2D eigenvalue weighted by Gasteiger charge is 2.28. The van der Waals surface area contributed by atoms with Crippen molar-refractivity contribution in [3.05, 3.63) is 54.6 Å². The maximum Gasteiger partial charge on any atom is 0.295 e. The molecular weight excluding hydrogens is 468 g/mol. The van der Waals surface area contributed by atoms with E-state index in [-0.39, 0.29) is 38.9 Å². The van der Waals surface area contributed by atoms with Crippen molar-refractivity contribution in [3.8, 4) is 0 Å². The van der Waals surface area contributed by atoms with Gasteiger partial charge in [-0.3, -0.25) is 13.7 Å². The van der Waals surface area contributed by atoms with E-state index in [1.807, 2.05) is 0 Å². The Bertz CT molecular complexity index is 1680. The maximum atomic E-state index is 12.2. The molecule has 0 atom stereocenters. The fraction of sp³-hybridized carbons (Fsp3) is 0.0526. The average molecular weight is 483 g/mol. The first-order valence-electron chi connectivity index (χ1n) is 8.56. The van der Waals surface area contributed by atoms with Gasteiger partial charge < -0.3 is 0 Å². The van der Waals surface area contributed by atoms with Gasteiger partial charge in [-0.25, -0.2) is 0 Å². The number of rotatable bonds is 5. The fourth-order valence-corrected chi connectivity index (χ4v) is 6.41. The molecule has 0 bridgehead atoms. The second-order valence-electron chi connectivity index (χ2n) is 6.90. The third-order valence-electron chi connectivity index (χ3n) is 5.03. The number of allylic oxidation sites excluding steroid dienone is 1. The van der Waals surface area contributed by atoms with Gasteiger partial charge in [0.1, 0.15) is 14.7 Å². The molecule has 4 aromatic rings. The van der Waals surface area contributed by atoms with Gasteiger partial charge in [-0.2, -0.15) is 25.3 Å². The van der Waals surface area contributed by atoms with Crippen LogP contribution in [0.25, 0.3) is 32.3 Å². The van der Waals surface area contributed by atoms with E-state index in [4.69, 9.17) is 0 Å². The standard InChI is InChI=1S/C19H14O9S3/c1-2-3-11-8-10-4-5-12-15(29(20,21)22)9-16(30(23,24)25)13-6-7-14(17(10)18(12)13)19(11)31(26,27)28/h2,4-9H,1,3H2,(H,20,21,22)(H,23,24,25)(H,26,27,28). The summed E-state index contributed by atoms with van der Waals surface area (Å²) in [5.41, 5.74) is 0.230. The quantitative estimate of drug-likeness (QED) is 0.220. The highest BCUT2D eigenvalue weighted by atomic mass is 32.2. The maximum absolute atomic E-state index is 12.2. The first-order valence-corrected chi connectivity index (χ1v) is 12.9. The van der Waals surface area contributed by atoms with Crippen LogP contribution < -0.4 is 0 Å². The van der Waals surface area contributed by atoms with Gasteiger partial charge in [0.25, 0.3) is 30.4 Å². The van der Waals surface area contributed by atoms with E-state index in [1.165, 1.54) is 36.4 Å². The predicted molar refractivity (Wildman–Crippen MR) is 113 cm³/mol. The summed E-state index contributed by atoms with van der Waals surface area (Å²) in [5, 5.41) is 0.412. The van der Waals surface area contributed by atoms with Crippen LogP contribution in [-0.4, -0.2) is 38.9 Å². The summed E-state index contributed by atoms with van der Waals surface area (Å²) < 4.78 is 101. The Morgan fingerprint density at radius 1 is 0.710 bits per heavy atom. The molecule has 3 N–H and O–H groups in total.